The van der Waals surface area contributed by atoms with Crippen LogP contribution in [0.5, 0.6) is 0 Å². The van der Waals surface area contributed by atoms with E-state index in [0.29, 0.717) is 6.54 Å². The summed E-state index contributed by atoms with van der Waals surface area (Å²) in [5.41, 5.74) is 0.342. The Morgan fingerprint density at radius 3 is 2.03 bits per heavy atom. The highest BCUT2D eigenvalue weighted by Gasteiger charge is 2.22. The number of carbonyl (C=O) groups excluding carboxylic acids is 4. The second kappa shape index (κ2) is 14.2. The van der Waals surface area contributed by atoms with Gasteiger partial charge in [-0.25, -0.2) is 19.2 Å². The Bertz CT molecular complexity index is 869. The minimum atomic E-state index is -0.969. The van der Waals surface area contributed by atoms with Gasteiger partial charge in [-0.05, 0) is 18.6 Å². The second-order valence-corrected chi connectivity index (χ2v) is 6.19. The van der Waals surface area contributed by atoms with Crippen LogP contribution in [0.3, 0.4) is 0 Å². The molecule has 0 N–H and O–H groups in total. The van der Waals surface area contributed by atoms with E-state index in [4.69, 9.17) is 9.47 Å². The van der Waals surface area contributed by atoms with E-state index in [1.807, 2.05) is 30.3 Å². The predicted molar refractivity (Wildman–Crippen MR) is 115 cm³/mol. The van der Waals surface area contributed by atoms with Gasteiger partial charge in [0.15, 0.2) is 0 Å². The second-order valence-electron chi connectivity index (χ2n) is 6.19. The fraction of sp³-hybridized carbons (Fsp3) is 0.304. The van der Waals surface area contributed by atoms with E-state index >= 15 is 0 Å². The van der Waals surface area contributed by atoms with E-state index in [1.165, 1.54) is 19.4 Å². The van der Waals surface area contributed by atoms with Crippen molar-refractivity contribution in [1.29, 1.82) is 0 Å². The fourth-order valence-electron chi connectivity index (χ4n) is 2.50. The first kappa shape index (κ1) is 26.2. The molecule has 1 aromatic rings. The molecule has 0 bridgehead atoms. The molecule has 0 spiro atoms. The molecule has 9 heteroatoms. The van der Waals surface area contributed by atoms with Gasteiger partial charge in [0.05, 0.1) is 33.5 Å². The molecule has 0 unspecified atom stereocenters. The first-order valence-electron chi connectivity index (χ1n) is 9.65. The molecule has 0 heterocycles. The van der Waals surface area contributed by atoms with Gasteiger partial charge < -0.3 is 23.8 Å². The van der Waals surface area contributed by atoms with E-state index in [1.54, 1.807) is 17.9 Å². The third-order valence-electron chi connectivity index (χ3n) is 3.96. The number of benzene rings is 1. The highest BCUT2D eigenvalue weighted by atomic mass is 16.5. The average Bonchev–Trinajstić information content (AvgIpc) is 2.80. The zero-order valence-electron chi connectivity index (χ0n) is 18.5. The van der Waals surface area contributed by atoms with Crippen molar-refractivity contribution >= 4 is 23.9 Å². The van der Waals surface area contributed by atoms with Crippen LogP contribution in [0.2, 0.25) is 0 Å². The summed E-state index contributed by atoms with van der Waals surface area (Å²) in [5.74, 6) is -3.22. The zero-order valence-corrected chi connectivity index (χ0v) is 18.5. The lowest BCUT2D eigenvalue weighted by molar-refractivity contribution is -0.144. The molecular formula is C23H27NO8. The van der Waals surface area contributed by atoms with Crippen molar-refractivity contribution in [1.82, 2.24) is 4.90 Å². The minimum Gasteiger partial charge on any atom is -0.465 e. The molecule has 0 aliphatic carbocycles. The maximum Gasteiger partial charge on any atom is 0.345 e. The summed E-state index contributed by atoms with van der Waals surface area (Å²) in [6, 6.07) is 9.36. The third kappa shape index (κ3) is 8.86. The molecule has 0 aromatic heterocycles. The van der Waals surface area contributed by atoms with E-state index in [0.717, 1.165) is 25.9 Å². The maximum absolute atomic E-state index is 12.4. The third-order valence-corrected chi connectivity index (χ3v) is 3.96. The van der Waals surface area contributed by atoms with Gasteiger partial charge in [-0.2, -0.15) is 0 Å². The highest BCUT2D eigenvalue weighted by Crippen LogP contribution is 2.13. The van der Waals surface area contributed by atoms with Gasteiger partial charge in [0.1, 0.15) is 5.57 Å². The van der Waals surface area contributed by atoms with E-state index < -0.39 is 29.5 Å². The van der Waals surface area contributed by atoms with Crippen molar-refractivity contribution < 1.29 is 38.1 Å². The number of esters is 4. The molecule has 172 valence electrons. The van der Waals surface area contributed by atoms with Gasteiger partial charge in [-0.1, -0.05) is 36.4 Å². The summed E-state index contributed by atoms with van der Waals surface area (Å²) in [6.07, 6.45) is 5.30. The Labute approximate surface area is 186 Å². The van der Waals surface area contributed by atoms with Crippen molar-refractivity contribution in [2.24, 2.45) is 0 Å². The molecular weight excluding hydrogens is 418 g/mol. The average molecular weight is 445 g/mol. The van der Waals surface area contributed by atoms with Gasteiger partial charge in [0.2, 0.25) is 0 Å². The molecule has 0 saturated heterocycles. The topological polar surface area (TPSA) is 108 Å². The molecule has 32 heavy (non-hydrogen) atoms. The summed E-state index contributed by atoms with van der Waals surface area (Å²) in [6.45, 7) is 2.52. The smallest absolute Gasteiger partial charge is 0.345 e. The Kier molecular flexibility index (Phi) is 11.6. The first-order valence-corrected chi connectivity index (χ1v) is 9.65. The van der Waals surface area contributed by atoms with E-state index in [9.17, 15) is 19.2 Å². The van der Waals surface area contributed by atoms with Crippen molar-refractivity contribution in [2.75, 3.05) is 34.5 Å². The maximum atomic E-state index is 12.4. The number of nitrogens with zero attached hydrogens (tertiary/aromatic N) is 1. The number of ether oxygens (including phenoxy) is 4. The normalized spacial score (nSPS) is 10.8. The van der Waals surface area contributed by atoms with Gasteiger partial charge in [-0.15, -0.1) is 0 Å². The van der Waals surface area contributed by atoms with Crippen LogP contribution in [0.1, 0.15) is 12.5 Å². The van der Waals surface area contributed by atoms with Gasteiger partial charge in [-0.3, -0.25) is 0 Å². The summed E-state index contributed by atoms with van der Waals surface area (Å²) in [5, 5.41) is 0. The zero-order chi connectivity index (χ0) is 23.9. The molecule has 1 aromatic carbocycles. The van der Waals surface area contributed by atoms with Crippen molar-refractivity contribution in [2.45, 2.75) is 13.5 Å². The van der Waals surface area contributed by atoms with Crippen LogP contribution in [0.15, 0.2) is 65.9 Å². The van der Waals surface area contributed by atoms with Crippen LogP contribution in [-0.4, -0.2) is 63.3 Å². The summed E-state index contributed by atoms with van der Waals surface area (Å²) >= 11 is 0. The largest absolute Gasteiger partial charge is 0.465 e. The number of hydrogen-bond acceptors (Lipinski definition) is 9. The van der Waals surface area contributed by atoms with E-state index in [2.05, 4.69) is 9.47 Å². The quantitative estimate of drug-likeness (QED) is 0.126. The summed E-state index contributed by atoms with van der Waals surface area (Å²) in [4.78, 5) is 49.6. The van der Waals surface area contributed by atoms with Gasteiger partial charge >= 0.3 is 23.9 Å². The monoisotopic (exact) mass is 445 g/mol. The van der Waals surface area contributed by atoms with Crippen molar-refractivity contribution in [3.05, 3.63) is 71.5 Å². The summed E-state index contributed by atoms with van der Waals surface area (Å²) < 4.78 is 18.9. The molecule has 9 nitrogen and oxygen atoms in total. The standard InChI is InChI=1S/C23H27NO8/c1-5-32-20(25)12-9-13-24(15-17-10-7-6-8-11-17)16-18(21(26)29-2)14-19(22(27)30-3)23(28)31-4/h6-12,14,16H,5,13,15H2,1-4H3/b12-9+,18-16?. The molecule has 0 saturated carbocycles. The van der Waals surface area contributed by atoms with Crippen LogP contribution in [0.25, 0.3) is 0 Å². The fourth-order valence-corrected chi connectivity index (χ4v) is 2.50. The molecule has 0 amide bonds. The first-order chi connectivity index (χ1) is 15.4. The van der Waals surface area contributed by atoms with Gasteiger partial charge in [0.25, 0.3) is 0 Å². The predicted octanol–water partition coefficient (Wildman–Crippen LogP) is 1.94. The Morgan fingerprint density at radius 2 is 1.50 bits per heavy atom. The van der Waals surface area contributed by atoms with Crippen LogP contribution >= 0.6 is 0 Å². The molecule has 0 radical (unpaired) electrons. The lowest BCUT2D eigenvalue weighted by Crippen LogP contribution is -2.21. The number of hydrogen-bond donors (Lipinski definition) is 0. The van der Waals surface area contributed by atoms with E-state index in [-0.39, 0.29) is 18.7 Å². The summed E-state index contributed by atoms with van der Waals surface area (Å²) in [7, 11) is 3.37. The van der Waals surface area contributed by atoms with Crippen LogP contribution in [0, 0.1) is 0 Å². The highest BCUT2D eigenvalue weighted by molar-refractivity contribution is 6.15. The molecule has 0 aliphatic heterocycles. The Balaban J connectivity index is 3.37. The van der Waals surface area contributed by atoms with Crippen LogP contribution in [0.4, 0.5) is 0 Å². The lowest BCUT2D eigenvalue weighted by Gasteiger charge is -2.20. The molecule has 0 fully saturated rings. The number of methoxy groups -OCH3 is 3. The van der Waals surface area contributed by atoms with Crippen molar-refractivity contribution in [3.63, 3.8) is 0 Å². The van der Waals surface area contributed by atoms with Gasteiger partial charge in [0, 0.05) is 25.4 Å². The van der Waals surface area contributed by atoms with Crippen LogP contribution < -0.4 is 0 Å². The number of rotatable bonds is 11. The lowest BCUT2D eigenvalue weighted by atomic mass is 10.1. The van der Waals surface area contributed by atoms with Crippen LogP contribution in [-0.2, 0) is 44.7 Å². The molecule has 0 atom stereocenters. The molecule has 1 rings (SSSR count). The molecule has 0 aliphatic rings. The minimum absolute atomic E-state index is 0.0984. The SMILES string of the molecule is CCOC(=O)/C=C/CN(C=C(C=C(C(=O)OC)C(=O)OC)C(=O)OC)Cc1ccccc1. The number of carbonyl (C=O) groups is 4. The Hall–Kier alpha value is -3.88. The van der Waals surface area contributed by atoms with Crippen molar-refractivity contribution in [3.8, 4) is 0 Å². The Morgan fingerprint density at radius 1 is 0.906 bits per heavy atom.